The molecule has 0 bridgehead atoms. The smallest absolute Gasteiger partial charge is 0.340 e. The maximum Gasteiger partial charge on any atom is 0.340 e. The lowest BCUT2D eigenvalue weighted by atomic mass is 10.0. The highest BCUT2D eigenvalue weighted by molar-refractivity contribution is 7.87. The van der Waals surface area contributed by atoms with Crippen molar-refractivity contribution in [2.24, 2.45) is 7.05 Å². The third-order valence-electron chi connectivity index (χ3n) is 5.43. The summed E-state index contributed by atoms with van der Waals surface area (Å²) >= 11 is 17.7. The number of carbonyl (C=O) groups excluding carboxylic acids is 1. The number of hydrogen-bond acceptors (Lipinski definition) is 10. The van der Waals surface area contributed by atoms with Crippen LogP contribution in [-0.4, -0.2) is 51.5 Å². The van der Waals surface area contributed by atoms with E-state index in [4.69, 9.17) is 39.0 Å². The fraction of sp³-hybridized carbons (Fsp3) is 0.296. The van der Waals surface area contributed by atoms with E-state index in [1.807, 2.05) is 27.7 Å². The fourth-order valence-electron chi connectivity index (χ4n) is 3.57. The summed E-state index contributed by atoms with van der Waals surface area (Å²) < 4.78 is 31.9. The molecule has 0 aliphatic heterocycles. The molecule has 2 aromatic carbocycles. The Bertz CT molecular complexity index is 1680. The highest BCUT2D eigenvalue weighted by Gasteiger charge is 2.29. The number of aryl methyl sites for hydroxylation is 3. The second-order valence-electron chi connectivity index (χ2n) is 9.27. The Morgan fingerprint density at radius 3 is 2.24 bits per heavy atom. The average molecular weight is 655 g/mol. The molecule has 0 fully saturated rings. The molecule has 11 nitrogen and oxygen atoms in total. The molecule has 15 heteroatoms. The second kappa shape index (κ2) is 14.1. The predicted molar refractivity (Wildman–Crippen MR) is 165 cm³/mol. The number of rotatable bonds is 9. The van der Waals surface area contributed by atoms with Crippen LogP contribution in [0.25, 0.3) is 0 Å². The van der Waals surface area contributed by atoms with Crippen LogP contribution in [-0.2, 0) is 17.2 Å². The van der Waals surface area contributed by atoms with Gasteiger partial charge in [-0.3, -0.25) is 4.79 Å². The molecule has 2 heterocycles. The van der Waals surface area contributed by atoms with Crippen molar-refractivity contribution in [3.63, 3.8) is 0 Å². The first-order chi connectivity index (χ1) is 19.7. The van der Waals surface area contributed by atoms with Gasteiger partial charge in [-0.1, -0.05) is 40.9 Å². The van der Waals surface area contributed by atoms with E-state index in [1.165, 1.54) is 42.1 Å². The zero-order chi connectivity index (χ0) is 31.2. The summed E-state index contributed by atoms with van der Waals surface area (Å²) in [5.41, 5.74) is 1.40. The molecule has 224 valence electrons. The molecular weight excluding hydrogens is 625 g/mol. The number of aromatic nitrogens is 5. The van der Waals surface area contributed by atoms with Crippen molar-refractivity contribution < 1.29 is 17.4 Å². The van der Waals surface area contributed by atoms with Gasteiger partial charge in [0, 0.05) is 30.2 Å². The number of hydrogen-bond donors (Lipinski definition) is 2. The van der Waals surface area contributed by atoms with Gasteiger partial charge in [0.2, 0.25) is 28.8 Å². The number of benzene rings is 2. The summed E-state index contributed by atoms with van der Waals surface area (Å²) in [5, 5.41) is 10.9. The first kappa shape index (κ1) is 33.1. The zero-order valence-corrected chi connectivity index (χ0v) is 26.8. The summed E-state index contributed by atoms with van der Waals surface area (Å²) in [6, 6.07) is 10.9. The summed E-state index contributed by atoms with van der Waals surface area (Å²) in [6.45, 7) is 10.2. The third-order valence-corrected chi connectivity index (χ3v) is 7.38. The topological polar surface area (TPSA) is 141 Å². The van der Waals surface area contributed by atoms with E-state index in [-0.39, 0.29) is 38.3 Å². The maximum absolute atomic E-state index is 13.0. The van der Waals surface area contributed by atoms with Gasteiger partial charge in [0.1, 0.15) is 10.5 Å². The van der Waals surface area contributed by atoms with Crippen LogP contribution in [0.4, 0.5) is 11.9 Å². The number of ketones is 1. The van der Waals surface area contributed by atoms with Crippen LogP contribution in [0.3, 0.4) is 0 Å². The van der Waals surface area contributed by atoms with E-state index >= 15 is 0 Å². The molecule has 2 aromatic heterocycles. The number of halogens is 3. The molecule has 0 spiro atoms. The number of carbonyl (C=O) groups is 1. The lowest BCUT2D eigenvalue weighted by Gasteiger charge is -2.10. The van der Waals surface area contributed by atoms with Gasteiger partial charge in [-0.25, -0.2) is 4.68 Å². The SMILES string of the molecule is CCNc1nc(Cl)nc(NC(C)C)n1.Cc1ccc(S(=O)(=O)Oc2c(C(=O)c3ccc(Cl)cc3Cl)c(C)nn2C)cc1. The minimum atomic E-state index is -4.16. The number of nitrogens with one attached hydrogen (secondary N) is 2. The van der Waals surface area contributed by atoms with E-state index in [0.29, 0.717) is 22.6 Å². The van der Waals surface area contributed by atoms with Crippen molar-refractivity contribution >= 4 is 62.6 Å². The summed E-state index contributed by atoms with van der Waals surface area (Å²) in [6.07, 6.45) is 0. The average Bonchev–Trinajstić information content (AvgIpc) is 3.15. The summed E-state index contributed by atoms with van der Waals surface area (Å²) in [5.74, 6) is 0.294. The van der Waals surface area contributed by atoms with E-state index in [1.54, 1.807) is 19.1 Å². The highest BCUT2D eigenvalue weighted by atomic mass is 35.5. The Morgan fingerprint density at radius 1 is 1.00 bits per heavy atom. The minimum Gasteiger partial charge on any atom is -0.358 e. The second-order valence-corrected chi connectivity index (χ2v) is 12.0. The van der Waals surface area contributed by atoms with Gasteiger partial charge in [-0.05, 0) is 76.6 Å². The molecule has 0 radical (unpaired) electrons. The molecule has 4 aromatic rings. The Balaban J connectivity index is 0.000000291. The van der Waals surface area contributed by atoms with Crippen molar-refractivity contribution in [3.8, 4) is 5.88 Å². The molecule has 2 N–H and O–H groups in total. The molecule has 0 amide bonds. The standard InChI is InChI=1S/C19H16Cl2N2O4S.C8H14ClN5/c1-11-4-7-14(8-5-11)28(25,26)27-19-17(12(2)22-23(19)3)18(24)15-9-6-13(20)10-16(15)21;1-4-10-7-12-6(9)13-8(14-7)11-5(2)3/h4-10H,1-3H3;5H,4H2,1-3H3,(H2,10,11,12,13,14). The minimum absolute atomic E-state index is 0.0161. The van der Waals surface area contributed by atoms with Crippen LogP contribution in [0.15, 0.2) is 47.4 Å². The Kier molecular flexibility index (Phi) is 11.1. The van der Waals surface area contributed by atoms with Gasteiger partial charge in [-0.15, -0.1) is 0 Å². The van der Waals surface area contributed by atoms with Crippen molar-refractivity contribution in [3.05, 3.63) is 80.2 Å². The van der Waals surface area contributed by atoms with Crippen molar-refractivity contribution in [1.82, 2.24) is 24.7 Å². The van der Waals surface area contributed by atoms with Gasteiger partial charge < -0.3 is 14.8 Å². The Morgan fingerprint density at radius 2 is 1.64 bits per heavy atom. The van der Waals surface area contributed by atoms with Crippen LogP contribution in [0.5, 0.6) is 5.88 Å². The highest BCUT2D eigenvalue weighted by Crippen LogP contribution is 2.31. The van der Waals surface area contributed by atoms with Crippen LogP contribution in [0.1, 0.15) is 48.0 Å². The molecular formula is C27H30Cl3N7O4S. The normalized spacial score (nSPS) is 11.1. The van der Waals surface area contributed by atoms with E-state index in [2.05, 4.69) is 30.7 Å². The molecule has 0 aliphatic rings. The predicted octanol–water partition coefficient (Wildman–Crippen LogP) is 6.12. The largest absolute Gasteiger partial charge is 0.358 e. The third kappa shape index (κ3) is 8.54. The molecule has 4 rings (SSSR count). The quantitative estimate of drug-likeness (QED) is 0.160. The lowest BCUT2D eigenvalue weighted by Crippen LogP contribution is -2.15. The van der Waals surface area contributed by atoms with E-state index in [0.717, 1.165) is 12.1 Å². The first-order valence-corrected chi connectivity index (χ1v) is 15.2. The lowest BCUT2D eigenvalue weighted by molar-refractivity contribution is 0.103. The first-order valence-electron chi connectivity index (χ1n) is 12.7. The van der Waals surface area contributed by atoms with Gasteiger partial charge >= 0.3 is 10.1 Å². The number of anilines is 2. The summed E-state index contributed by atoms with van der Waals surface area (Å²) in [4.78, 5) is 25.0. The molecule has 0 aliphatic carbocycles. The van der Waals surface area contributed by atoms with Gasteiger partial charge in [-0.2, -0.15) is 28.5 Å². The molecule has 0 unspecified atom stereocenters. The zero-order valence-electron chi connectivity index (χ0n) is 23.7. The molecule has 42 heavy (non-hydrogen) atoms. The summed E-state index contributed by atoms with van der Waals surface area (Å²) in [7, 11) is -2.67. The van der Waals surface area contributed by atoms with Gasteiger partial charge in [0.05, 0.1) is 10.7 Å². The van der Waals surface area contributed by atoms with E-state index < -0.39 is 15.9 Å². The van der Waals surface area contributed by atoms with Crippen molar-refractivity contribution in [2.45, 2.75) is 45.6 Å². The van der Waals surface area contributed by atoms with Crippen LogP contribution < -0.4 is 14.8 Å². The Hall–Kier alpha value is -3.45. The maximum atomic E-state index is 13.0. The number of nitrogens with zero attached hydrogens (tertiary/aromatic N) is 5. The van der Waals surface area contributed by atoms with Gasteiger partial charge in [0.25, 0.3) is 0 Å². The molecule has 0 saturated heterocycles. The van der Waals surface area contributed by atoms with Crippen LogP contribution >= 0.6 is 34.8 Å². The molecule has 0 saturated carbocycles. The fourth-order valence-corrected chi connectivity index (χ4v) is 5.19. The van der Waals surface area contributed by atoms with Crippen molar-refractivity contribution in [1.29, 1.82) is 0 Å². The van der Waals surface area contributed by atoms with E-state index in [9.17, 15) is 13.2 Å². The van der Waals surface area contributed by atoms with Crippen LogP contribution in [0, 0.1) is 13.8 Å². The van der Waals surface area contributed by atoms with Crippen molar-refractivity contribution in [2.75, 3.05) is 17.2 Å². The Labute approximate surface area is 259 Å². The monoisotopic (exact) mass is 653 g/mol. The molecule has 0 atom stereocenters. The van der Waals surface area contributed by atoms with Gasteiger partial charge in [0.15, 0.2) is 0 Å². The van der Waals surface area contributed by atoms with Crippen LogP contribution in [0.2, 0.25) is 15.3 Å².